The summed E-state index contributed by atoms with van der Waals surface area (Å²) in [5, 5.41) is 9.61. The summed E-state index contributed by atoms with van der Waals surface area (Å²) in [5.74, 6) is 0.692. The predicted molar refractivity (Wildman–Crippen MR) is 256 cm³/mol. The van der Waals surface area contributed by atoms with Crippen molar-refractivity contribution in [3.05, 3.63) is 224 Å². The molecule has 10 aromatic carbocycles. The molecule has 284 valence electrons. The Morgan fingerprint density at radius 1 is 0.295 bits per heavy atom. The van der Waals surface area contributed by atoms with Gasteiger partial charge >= 0.3 is 0 Å². The average Bonchev–Trinajstić information content (AvgIpc) is 3.67. The van der Waals surface area contributed by atoms with Gasteiger partial charge in [0.1, 0.15) is 0 Å². The Morgan fingerprint density at radius 2 is 0.852 bits per heavy atom. The van der Waals surface area contributed by atoms with Gasteiger partial charge in [0.15, 0.2) is 5.82 Å². The molecule has 0 fully saturated rings. The molecule has 0 radical (unpaired) electrons. The summed E-state index contributed by atoms with van der Waals surface area (Å²) in [6.07, 6.45) is 0. The van der Waals surface area contributed by atoms with E-state index in [2.05, 4.69) is 223 Å². The topological polar surface area (TPSA) is 30.7 Å². The highest BCUT2D eigenvalue weighted by Crippen LogP contribution is 2.46. The lowest BCUT2D eigenvalue weighted by Crippen LogP contribution is -1.98. The predicted octanol–water partition coefficient (Wildman–Crippen LogP) is 15.4. The van der Waals surface area contributed by atoms with Crippen molar-refractivity contribution in [1.29, 1.82) is 0 Å². The second-order valence-electron chi connectivity index (χ2n) is 15.7. The van der Waals surface area contributed by atoms with E-state index in [1.54, 1.807) is 0 Å². The molecule has 0 aliphatic carbocycles. The smallest absolute Gasteiger partial charge is 0.160 e. The molecule has 0 saturated carbocycles. The summed E-state index contributed by atoms with van der Waals surface area (Å²) in [6.45, 7) is 0. The van der Waals surface area contributed by atoms with Crippen molar-refractivity contribution < 1.29 is 0 Å². The molecule has 0 saturated heterocycles. The van der Waals surface area contributed by atoms with Gasteiger partial charge in [-0.25, -0.2) is 9.97 Å². The lowest BCUT2D eigenvalue weighted by Gasteiger charge is -2.19. The van der Waals surface area contributed by atoms with Gasteiger partial charge < -0.3 is 4.57 Å². The molecule has 0 aliphatic heterocycles. The van der Waals surface area contributed by atoms with Crippen LogP contribution in [0.5, 0.6) is 0 Å². The zero-order valence-electron chi connectivity index (χ0n) is 33.2. The van der Waals surface area contributed by atoms with E-state index in [-0.39, 0.29) is 0 Å². The molecule has 2 aromatic heterocycles. The quantitative estimate of drug-likeness (QED) is 0.124. The van der Waals surface area contributed by atoms with E-state index in [1.165, 1.54) is 59.9 Å². The first kappa shape index (κ1) is 34.9. The first-order chi connectivity index (χ1) is 30.3. The van der Waals surface area contributed by atoms with E-state index < -0.39 is 0 Å². The number of para-hydroxylation sites is 2. The lowest BCUT2D eigenvalue weighted by molar-refractivity contribution is 1.18. The molecule has 2 heterocycles. The van der Waals surface area contributed by atoms with Gasteiger partial charge in [-0.1, -0.05) is 188 Å². The van der Waals surface area contributed by atoms with E-state index >= 15 is 0 Å². The van der Waals surface area contributed by atoms with Gasteiger partial charge in [0, 0.05) is 38.5 Å². The van der Waals surface area contributed by atoms with Gasteiger partial charge in [0.05, 0.1) is 22.4 Å². The first-order valence-corrected chi connectivity index (χ1v) is 20.8. The Hall–Kier alpha value is -8.14. The summed E-state index contributed by atoms with van der Waals surface area (Å²) >= 11 is 0. The Balaban J connectivity index is 1.10. The fourth-order valence-corrected chi connectivity index (χ4v) is 9.43. The van der Waals surface area contributed by atoms with Gasteiger partial charge in [-0.2, -0.15) is 0 Å². The first-order valence-electron chi connectivity index (χ1n) is 20.8. The maximum atomic E-state index is 5.47. The van der Waals surface area contributed by atoms with Crippen LogP contribution >= 0.6 is 0 Å². The Labute approximate surface area is 353 Å². The normalized spacial score (nSPS) is 11.6. The van der Waals surface area contributed by atoms with Crippen molar-refractivity contribution in [1.82, 2.24) is 14.5 Å². The molecule has 0 amide bonds. The molecule has 0 unspecified atom stereocenters. The summed E-state index contributed by atoms with van der Waals surface area (Å²) in [5.41, 5.74) is 13.1. The van der Waals surface area contributed by atoms with Crippen LogP contribution in [-0.4, -0.2) is 14.5 Å². The van der Waals surface area contributed by atoms with E-state index in [0.29, 0.717) is 5.82 Å². The summed E-state index contributed by atoms with van der Waals surface area (Å²) < 4.78 is 2.38. The van der Waals surface area contributed by atoms with E-state index in [9.17, 15) is 0 Å². The number of fused-ring (bicyclic) bond motifs is 7. The summed E-state index contributed by atoms with van der Waals surface area (Å²) in [4.78, 5) is 10.8. The Kier molecular flexibility index (Phi) is 8.17. The van der Waals surface area contributed by atoms with Crippen molar-refractivity contribution in [3.63, 3.8) is 0 Å². The number of benzene rings is 10. The minimum Gasteiger partial charge on any atom is -0.309 e. The van der Waals surface area contributed by atoms with Crippen LogP contribution in [0.3, 0.4) is 0 Å². The van der Waals surface area contributed by atoms with E-state index in [4.69, 9.17) is 9.97 Å². The molecule has 61 heavy (non-hydrogen) atoms. The minimum atomic E-state index is 0.692. The van der Waals surface area contributed by atoms with Crippen LogP contribution in [-0.2, 0) is 0 Å². The van der Waals surface area contributed by atoms with Gasteiger partial charge in [-0.15, -0.1) is 0 Å². The van der Waals surface area contributed by atoms with Gasteiger partial charge in [-0.05, 0) is 85.6 Å². The van der Waals surface area contributed by atoms with E-state index in [1.807, 2.05) is 6.07 Å². The standard InChI is InChI=1S/C58H37N3/c1-4-18-39(19-5-1)55-48-28-12-13-29-49(48)57(56-45-26-11-10-17-38(45)31-34-50(55)56)52-37-51(59-58(60-52)40-20-6-2-7-21-40)43-23-16-22-41(35-43)42-32-33-47-46-27-14-15-30-53(46)61(54(47)36-42)44-24-8-3-9-25-44/h1-37H. The maximum absolute atomic E-state index is 5.47. The van der Waals surface area contributed by atoms with Gasteiger partial charge in [0.2, 0.25) is 0 Å². The third kappa shape index (κ3) is 5.82. The SMILES string of the molecule is c1ccc(-c2nc(-c3cccc(-c4ccc5c6ccccc6n(-c6ccccc6)c5c4)c3)cc(-c3c4ccccc4c(-c4ccccc4)c4ccc5ccccc5c34)n2)cc1. The second kappa shape index (κ2) is 14.3. The number of nitrogens with zero attached hydrogens (tertiary/aromatic N) is 3. The highest BCUT2D eigenvalue weighted by Gasteiger charge is 2.21. The van der Waals surface area contributed by atoms with Crippen molar-refractivity contribution in [3.8, 4) is 61.8 Å². The molecule has 3 heteroatoms. The van der Waals surface area contributed by atoms with Crippen molar-refractivity contribution in [2.24, 2.45) is 0 Å². The van der Waals surface area contributed by atoms with Crippen LogP contribution < -0.4 is 0 Å². The monoisotopic (exact) mass is 775 g/mol. The molecule has 0 bridgehead atoms. The van der Waals surface area contributed by atoms with E-state index in [0.717, 1.165) is 50.3 Å². The summed E-state index contributed by atoms with van der Waals surface area (Å²) in [6, 6.07) is 80.4. The largest absolute Gasteiger partial charge is 0.309 e. The Bertz CT molecular complexity index is 3630. The van der Waals surface area contributed by atoms with Crippen molar-refractivity contribution >= 4 is 54.1 Å². The Morgan fingerprint density at radius 3 is 1.64 bits per heavy atom. The van der Waals surface area contributed by atoms with Crippen LogP contribution in [0.1, 0.15) is 0 Å². The number of aromatic nitrogens is 3. The number of hydrogen-bond donors (Lipinski definition) is 0. The van der Waals surface area contributed by atoms with Crippen LogP contribution in [0.15, 0.2) is 224 Å². The van der Waals surface area contributed by atoms with Crippen LogP contribution in [0.25, 0.3) is 116 Å². The summed E-state index contributed by atoms with van der Waals surface area (Å²) in [7, 11) is 0. The van der Waals surface area contributed by atoms with Crippen LogP contribution in [0.4, 0.5) is 0 Å². The number of rotatable bonds is 6. The van der Waals surface area contributed by atoms with Gasteiger partial charge in [-0.3, -0.25) is 0 Å². The molecule has 0 atom stereocenters. The molecule has 0 N–H and O–H groups in total. The highest BCUT2D eigenvalue weighted by molar-refractivity contribution is 6.27. The molecular weight excluding hydrogens is 739 g/mol. The molecule has 12 aromatic rings. The van der Waals surface area contributed by atoms with Crippen molar-refractivity contribution in [2.45, 2.75) is 0 Å². The van der Waals surface area contributed by atoms with Gasteiger partial charge in [0.25, 0.3) is 0 Å². The zero-order valence-corrected chi connectivity index (χ0v) is 33.2. The average molecular weight is 776 g/mol. The third-order valence-electron chi connectivity index (χ3n) is 12.2. The molecule has 0 spiro atoms. The fourth-order valence-electron chi connectivity index (χ4n) is 9.43. The minimum absolute atomic E-state index is 0.692. The third-order valence-corrected chi connectivity index (χ3v) is 12.2. The molecule has 3 nitrogen and oxygen atoms in total. The highest BCUT2D eigenvalue weighted by atomic mass is 15.0. The second-order valence-corrected chi connectivity index (χ2v) is 15.7. The van der Waals surface area contributed by atoms with Crippen LogP contribution in [0, 0.1) is 0 Å². The number of hydrogen-bond acceptors (Lipinski definition) is 2. The maximum Gasteiger partial charge on any atom is 0.160 e. The van der Waals surface area contributed by atoms with Crippen LogP contribution in [0.2, 0.25) is 0 Å². The fraction of sp³-hybridized carbons (Fsp3) is 0. The molecular formula is C58H37N3. The lowest BCUT2D eigenvalue weighted by atomic mass is 9.85. The molecule has 12 rings (SSSR count). The molecule has 0 aliphatic rings. The zero-order chi connectivity index (χ0) is 40.3. The van der Waals surface area contributed by atoms with Crippen molar-refractivity contribution in [2.75, 3.05) is 0 Å².